The Labute approximate surface area is 102 Å². The van der Waals surface area contributed by atoms with Crippen molar-refractivity contribution in [1.29, 1.82) is 0 Å². The molecule has 0 aromatic carbocycles. The largest absolute Gasteiger partial charge is 0.394 e. The first-order chi connectivity index (χ1) is 8.13. The molecule has 0 fully saturated rings. The predicted octanol–water partition coefficient (Wildman–Crippen LogP) is 1.54. The van der Waals surface area contributed by atoms with Gasteiger partial charge in [-0.15, -0.1) is 0 Å². The molecule has 2 rings (SSSR count). The summed E-state index contributed by atoms with van der Waals surface area (Å²) in [6.07, 6.45) is 1.81. The number of aromatic amines is 1. The summed E-state index contributed by atoms with van der Waals surface area (Å²) in [5.74, 6) is 0.534. The van der Waals surface area contributed by atoms with E-state index in [0.717, 1.165) is 12.2 Å². The van der Waals surface area contributed by atoms with Crippen LogP contribution in [0.2, 0.25) is 0 Å². The summed E-state index contributed by atoms with van der Waals surface area (Å²) < 4.78 is 0. The number of hydrogen-bond donors (Lipinski definition) is 2. The van der Waals surface area contributed by atoms with Crippen LogP contribution in [-0.4, -0.2) is 47.9 Å². The highest BCUT2D eigenvalue weighted by atomic mass is 16.3. The first kappa shape index (κ1) is 12.3. The average molecular weight is 235 g/mol. The summed E-state index contributed by atoms with van der Waals surface area (Å²) in [7, 11) is 2.16. The molecule has 2 atom stereocenters. The zero-order valence-corrected chi connectivity index (χ0v) is 10.8. The molecule has 1 aliphatic rings. The number of aliphatic imine (C=N–C) groups is 1. The number of hydrogen-bond acceptors (Lipinski definition) is 3. The molecule has 2 N–H and O–H groups in total. The smallest absolute Gasteiger partial charge is 0.0626 e. The van der Waals surface area contributed by atoms with Crippen LogP contribution in [0.15, 0.2) is 11.1 Å². The van der Waals surface area contributed by atoms with Crippen LogP contribution in [0, 0.1) is 0 Å². The van der Waals surface area contributed by atoms with Gasteiger partial charge in [0.15, 0.2) is 0 Å². The van der Waals surface area contributed by atoms with Crippen molar-refractivity contribution in [1.82, 2.24) is 9.88 Å². The van der Waals surface area contributed by atoms with Crippen molar-refractivity contribution >= 4 is 6.21 Å². The van der Waals surface area contributed by atoms with Crippen molar-refractivity contribution in [3.05, 3.63) is 23.0 Å². The van der Waals surface area contributed by atoms with Gasteiger partial charge < -0.3 is 10.1 Å². The van der Waals surface area contributed by atoms with Gasteiger partial charge in [-0.05, 0) is 25.6 Å². The number of aromatic nitrogens is 1. The number of aliphatic hydroxyl groups is 1. The zero-order chi connectivity index (χ0) is 12.4. The minimum Gasteiger partial charge on any atom is -0.394 e. The Morgan fingerprint density at radius 1 is 1.59 bits per heavy atom. The van der Waals surface area contributed by atoms with Gasteiger partial charge in [-0.1, -0.05) is 6.92 Å². The van der Waals surface area contributed by atoms with Crippen LogP contribution in [0.5, 0.6) is 0 Å². The predicted molar refractivity (Wildman–Crippen MR) is 69.8 cm³/mol. The third-order valence-corrected chi connectivity index (χ3v) is 3.53. The fourth-order valence-corrected chi connectivity index (χ4v) is 2.47. The van der Waals surface area contributed by atoms with Crippen molar-refractivity contribution in [2.75, 3.05) is 26.7 Å². The first-order valence-corrected chi connectivity index (χ1v) is 6.17. The van der Waals surface area contributed by atoms with E-state index >= 15 is 0 Å². The highest BCUT2D eigenvalue weighted by Gasteiger charge is 2.27. The van der Waals surface area contributed by atoms with Crippen LogP contribution in [-0.2, 0) is 0 Å². The van der Waals surface area contributed by atoms with Crippen molar-refractivity contribution in [3.63, 3.8) is 0 Å². The molecule has 4 nitrogen and oxygen atoms in total. The SMILES string of the molecule is C[C@@H]1CN(C)[C@@H](C)c2cc(C=NCCO)[nH]c21. The second kappa shape index (κ2) is 5.02. The molecule has 0 saturated carbocycles. The van der Waals surface area contributed by atoms with Gasteiger partial charge in [0.2, 0.25) is 0 Å². The van der Waals surface area contributed by atoms with Crippen LogP contribution in [0.1, 0.15) is 42.8 Å². The molecule has 0 unspecified atom stereocenters. The first-order valence-electron chi connectivity index (χ1n) is 6.17. The molecule has 1 aromatic rings. The number of fused-ring (bicyclic) bond motifs is 1. The quantitative estimate of drug-likeness (QED) is 0.781. The second-order valence-electron chi connectivity index (χ2n) is 4.87. The highest BCUT2D eigenvalue weighted by Crippen LogP contribution is 2.34. The standard InChI is InChI=1S/C13H21N3O/c1-9-8-16(3)10(2)12-6-11(15-13(9)12)7-14-4-5-17/h6-7,9-10,15,17H,4-5,8H2,1-3H3/t9-,10+/m1/s1. The molecule has 0 spiro atoms. The Balaban J connectivity index is 2.25. The van der Waals surface area contributed by atoms with Crippen LogP contribution in [0.4, 0.5) is 0 Å². The van der Waals surface area contributed by atoms with Gasteiger partial charge >= 0.3 is 0 Å². The molecule has 1 aliphatic heterocycles. The molecule has 0 aliphatic carbocycles. The lowest BCUT2D eigenvalue weighted by molar-refractivity contribution is 0.227. The van der Waals surface area contributed by atoms with E-state index < -0.39 is 0 Å². The van der Waals surface area contributed by atoms with Gasteiger partial charge in [0.05, 0.1) is 18.8 Å². The molecule has 0 amide bonds. The number of aliphatic hydroxyl groups excluding tert-OH is 1. The van der Waals surface area contributed by atoms with Crippen LogP contribution in [0.3, 0.4) is 0 Å². The highest BCUT2D eigenvalue weighted by molar-refractivity contribution is 5.78. The molecule has 0 saturated heterocycles. The molecule has 0 radical (unpaired) electrons. The Bertz CT molecular complexity index is 411. The van der Waals surface area contributed by atoms with Gasteiger partial charge in [0, 0.05) is 30.4 Å². The van der Waals surface area contributed by atoms with Crippen LogP contribution >= 0.6 is 0 Å². The van der Waals surface area contributed by atoms with E-state index in [2.05, 4.69) is 41.8 Å². The number of likely N-dealkylation sites (N-methyl/N-ethyl adjacent to an activating group) is 1. The summed E-state index contributed by atoms with van der Waals surface area (Å²) in [6, 6.07) is 2.63. The van der Waals surface area contributed by atoms with E-state index in [1.807, 2.05) is 6.21 Å². The van der Waals surface area contributed by atoms with Gasteiger partial charge in [0.1, 0.15) is 0 Å². The monoisotopic (exact) mass is 235 g/mol. The van der Waals surface area contributed by atoms with Gasteiger partial charge in [0.25, 0.3) is 0 Å². The summed E-state index contributed by atoms with van der Waals surface area (Å²) in [5, 5.41) is 8.69. The number of nitrogens with one attached hydrogen (secondary N) is 1. The Kier molecular flexibility index (Phi) is 3.64. The van der Waals surface area contributed by atoms with Crippen molar-refractivity contribution < 1.29 is 5.11 Å². The minimum absolute atomic E-state index is 0.104. The lowest BCUT2D eigenvalue weighted by atomic mass is 9.93. The minimum atomic E-state index is 0.104. The van der Waals surface area contributed by atoms with Gasteiger partial charge in [-0.25, -0.2) is 0 Å². The topological polar surface area (TPSA) is 51.6 Å². The zero-order valence-electron chi connectivity index (χ0n) is 10.8. The second-order valence-corrected chi connectivity index (χ2v) is 4.87. The number of nitrogens with zero attached hydrogens (tertiary/aromatic N) is 2. The van der Waals surface area contributed by atoms with E-state index in [0.29, 0.717) is 18.5 Å². The van der Waals surface area contributed by atoms with E-state index in [1.165, 1.54) is 11.3 Å². The molecule has 4 heteroatoms. The maximum Gasteiger partial charge on any atom is 0.0626 e. The third kappa shape index (κ3) is 2.42. The Morgan fingerprint density at radius 3 is 3.06 bits per heavy atom. The Hall–Kier alpha value is -1.13. The Morgan fingerprint density at radius 2 is 2.35 bits per heavy atom. The van der Waals surface area contributed by atoms with Crippen LogP contribution < -0.4 is 0 Å². The summed E-state index contributed by atoms with van der Waals surface area (Å²) in [4.78, 5) is 9.96. The third-order valence-electron chi connectivity index (χ3n) is 3.53. The average Bonchev–Trinajstić information content (AvgIpc) is 2.71. The molecule has 94 valence electrons. The van der Waals surface area contributed by atoms with E-state index in [-0.39, 0.29) is 6.61 Å². The maximum absolute atomic E-state index is 8.69. The molecular weight excluding hydrogens is 214 g/mol. The molecule has 0 bridgehead atoms. The summed E-state index contributed by atoms with van der Waals surface area (Å²) in [6.45, 7) is 6.13. The maximum atomic E-state index is 8.69. The van der Waals surface area contributed by atoms with Crippen molar-refractivity contribution in [3.8, 4) is 0 Å². The van der Waals surface area contributed by atoms with Crippen LogP contribution in [0.25, 0.3) is 0 Å². The summed E-state index contributed by atoms with van der Waals surface area (Å²) in [5.41, 5.74) is 3.75. The lowest BCUT2D eigenvalue weighted by Gasteiger charge is -2.33. The van der Waals surface area contributed by atoms with Crippen molar-refractivity contribution in [2.24, 2.45) is 4.99 Å². The molecule has 17 heavy (non-hydrogen) atoms. The lowest BCUT2D eigenvalue weighted by Crippen LogP contribution is -2.32. The van der Waals surface area contributed by atoms with Crippen molar-refractivity contribution in [2.45, 2.75) is 25.8 Å². The fourth-order valence-electron chi connectivity index (χ4n) is 2.47. The van der Waals surface area contributed by atoms with E-state index in [4.69, 9.17) is 5.11 Å². The number of H-pyrrole nitrogens is 1. The number of rotatable bonds is 3. The molecular formula is C13H21N3O. The fraction of sp³-hybridized carbons (Fsp3) is 0.615. The molecule has 2 heterocycles. The normalized spacial score (nSPS) is 25.4. The van der Waals surface area contributed by atoms with E-state index in [9.17, 15) is 0 Å². The van der Waals surface area contributed by atoms with Gasteiger partial charge in [-0.2, -0.15) is 0 Å². The summed E-state index contributed by atoms with van der Waals surface area (Å²) >= 11 is 0. The molecule has 1 aromatic heterocycles. The van der Waals surface area contributed by atoms with E-state index in [1.54, 1.807) is 0 Å². The van der Waals surface area contributed by atoms with Gasteiger partial charge in [-0.3, -0.25) is 9.89 Å².